The Hall–Kier alpha value is -0.300. The van der Waals surface area contributed by atoms with E-state index in [2.05, 4.69) is 48.5 Å². The number of H-pyrrole nitrogens is 1. The fourth-order valence-electron chi connectivity index (χ4n) is 1.20. The van der Waals surface area contributed by atoms with Crippen LogP contribution in [-0.4, -0.2) is 17.1 Å². The minimum absolute atomic E-state index is 0.656. The number of halogens is 2. The Labute approximate surface area is 97.1 Å². The summed E-state index contributed by atoms with van der Waals surface area (Å²) in [5.41, 5.74) is 1.02. The molecule has 2 rings (SSSR count). The number of hydrogen-bond donors (Lipinski definition) is 1. The van der Waals surface area contributed by atoms with Gasteiger partial charge in [-0.15, -0.1) is 0 Å². The first-order valence-corrected chi connectivity index (χ1v) is 5.46. The molecule has 0 saturated heterocycles. The molecule has 0 aliphatic rings. The number of hydrogen-bond acceptors (Lipinski definition) is 2. The summed E-state index contributed by atoms with van der Waals surface area (Å²) in [5.74, 6) is 0.656. The summed E-state index contributed by atoms with van der Waals surface area (Å²) < 4.78 is 7.22. The third kappa shape index (κ3) is 1.43. The van der Waals surface area contributed by atoms with Gasteiger partial charge in [0.1, 0.15) is 0 Å². The number of aromatic amines is 1. The van der Waals surface area contributed by atoms with Gasteiger partial charge >= 0.3 is 0 Å². The second kappa shape index (κ2) is 3.45. The maximum atomic E-state index is 5.16. The monoisotopic (exact) mass is 352 g/mol. The van der Waals surface area contributed by atoms with Crippen molar-refractivity contribution in [2.45, 2.75) is 0 Å². The lowest BCUT2D eigenvalue weighted by Gasteiger charge is -2.01. The lowest BCUT2D eigenvalue weighted by molar-refractivity contribution is 0.403. The van der Waals surface area contributed by atoms with Crippen LogP contribution >= 0.6 is 38.5 Å². The van der Waals surface area contributed by atoms with E-state index in [0.717, 1.165) is 18.9 Å². The van der Waals surface area contributed by atoms with Crippen molar-refractivity contribution in [3.63, 3.8) is 0 Å². The summed E-state index contributed by atoms with van der Waals surface area (Å²) in [6.07, 6.45) is 3.66. The molecule has 0 amide bonds. The van der Waals surface area contributed by atoms with Crippen LogP contribution in [0.15, 0.2) is 16.9 Å². The summed E-state index contributed by atoms with van der Waals surface area (Å²) in [6.45, 7) is 0. The van der Waals surface area contributed by atoms with E-state index in [4.69, 9.17) is 4.74 Å². The first kappa shape index (κ1) is 9.26. The molecule has 0 aromatic carbocycles. The molecule has 2 aromatic heterocycles. The van der Waals surface area contributed by atoms with E-state index in [0.29, 0.717) is 5.88 Å². The van der Waals surface area contributed by atoms with Gasteiger partial charge in [-0.1, -0.05) is 0 Å². The van der Waals surface area contributed by atoms with Gasteiger partial charge < -0.3 is 9.72 Å². The molecule has 0 fully saturated rings. The molecule has 0 saturated carbocycles. The standard InChI is InChI=1S/C8H6BrIN2O/c1-13-8-6-5(10)3-11-7(6)4(9)2-12-8/h2-3,11H,1H3. The number of pyridine rings is 1. The van der Waals surface area contributed by atoms with Crippen molar-refractivity contribution in [1.29, 1.82) is 0 Å². The molecular formula is C8H6BrIN2O. The molecule has 0 bridgehead atoms. The molecule has 13 heavy (non-hydrogen) atoms. The zero-order valence-electron chi connectivity index (χ0n) is 6.77. The minimum Gasteiger partial charge on any atom is -0.480 e. The van der Waals surface area contributed by atoms with Crippen molar-refractivity contribution in [2.75, 3.05) is 7.11 Å². The van der Waals surface area contributed by atoms with Crippen LogP contribution < -0.4 is 4.74 Å². The molecular weight excluding hydrogens is 347 g/mol. The molecule has 68 valence electrons. The fourth-order valence-corrected chi connectivity index (χ4v) is 2.27. The first-order chi connectivity index (χ1) is 6.24. The van der Waals surface area contributed by atoms with Crippen LogP contribution in [0.1, 0.15) is 0 Å². The van der Waals surface area contributed by atoms with Crippen LogP contribution in [0.2, 0.25) is 0 Å². The van der Waals surface area contributed by atoms with Crippen molar-refractivity contribution < 1.29 is 4.74 Å². The third-order valence-electron chi connectivity index (χ3n) is 1.77. The molecule has 0 unspecified atom stereocenters. The number of ether oxygens (including phenoxy) is 1. The second-order valence-electron chi connectivity index (χ2n) is 2.50. The van der Waals surface area contributed by atoms with Gasteiger partial charge in [-0.05, 0) is 38.5 Å². The topological polar surface area (TPSA) is 37.9 Å². The van der Waals surface area contributed by atoms with Gasteiger partial charge in [0, 0.05) is 16.0 Å². The lowest BCUT2D eigenvalue weighted by Crippen LogP contribution is -1.88. The normalized spacial score (nSPS) is 10.7. The van der Waals surface area contributed by atoms with Crippen molar-refractivity contribution in [2.24, 2.45) is 0 Å². The zero-order chi connectivity index (χ0) is 9.42. The van der Waals surface area contributed by atoms with Crippen LogP contribution in [0, 0.1) is 3.57 Å². The van der Waals surface area contributed by atoms with E-state index in [1.165, 1.54) is 0 Å². The number of fused-ring (bicyclic) bond motifs is 1. The fraction of sp³-hybridized carbons (Fsp3) is 0.125. The highest BCUT2D eigenvalue weighted by Crippen LogP contribution is 2.31. The first-order valence-electron chi connectivity index (χ1n) is 3.59. The summed E-state index contributed by atoms with van der Waals surface area (Å²) in [5, 5.41) is 1.03. The largest absolute Gasteiger partial charge is 0.480 e. The van der Waals surface area contributed by atoms with Crippen LogP contribution in [0.25, 0.3) is 10.9 Å². The Balaban J connectivity index is 2.88. The number of methoxy groups -OCH3 is 1. The van der Waals surface area contributed by atoms with Crippen LogP contribution in [0.5, 0.6) is 5.88 Å². The Morgan fingerprint density at radius 3 is 3.08 bits per heavy atom. The average molecular weight is 353 g/mol. The van der Waals surface area contributed by atoms with Gasteiger partial charge in [0.15, 0.2) is 0 Å². The number of nitrogens with zero attached hydrogens (tertiary/aromatic N) is 1. The summed E-state index contributed by atoms with van der Waals surface area (Å²) in [7, 11) is 1.62. The van der Waals surface area contributed by atoms with Crippen LogP contribution in [0.4, 0.5) is 0 Å². The highest BCUT2D eigenvalue weighted by atomic mass is 127. The average Bonchev–Trinajstić information content (AvgIpc) is 2.51. The Morgan fingerprint density at radius 2 is 2.38 bits per heavy atom. The molecule has 1 N–H and O–H groups in total. The maximum absolute atomic E-state index is 5.16. The van der Waals surface area contributed by atoms with Gasteiger partial charge in [0.25, 0.3) is 0 Å². The highest BCUT2D eigenvalue weighted by molar-refractivity contribution is 14.1. The SMILES string of the molecule is COc1ncc(Br)c2[nH]cc(I)c12. The van der Waals surface area contributed by atoms with Crippen LogP contribution in [-0.2, 0) is 0 Å². The van der Waals surface area contributed by atoms with Crippen molar-refractivity contribution in [3.8, 4) is 5.88 Å². The summed E-state index contributed by atoms with van der Waals surface area (Å²) in [6, 6.07) is 0. The molecule has 0 atom stereocenters. The van der Waals surface area contributed by atoms with Crippen molar-refractivity contribution >= 4 is 49.4 Å². The van der Waals surface area contributed by atoms with Crippen molar-refractivity contribution in [3.05, 3.63) is 20.4 Å². The molecule has 0 aliphatic carbocycles. The summed E-state index contributed by atoms with van der Waals surface area (Å²) in [4.78, 5) is 7.32. The van der Waals surface area contributed by atoms with Gasteiger partial charge in [-0.2, -0.15) is 0 Å². The third-order valence-corrected chi connectivity index (χ3v) is 3.23. The number of rotatable bonds is 1. The summed E-state index contributed by atoms with van der Waals surface area (Å²) >= 11 is 5.67. The molecule has 5 heteroatoms. The molecule has 0 aliphatic heterocycles. The number of aromatic nitrogens is 2. The highest BCUT2D eigenvalue weighted by Gasteiger charge is 2.10. The van der Waals surface area contributed by atoms with E-state index in [1.54, 1.807) is 13.3 Å². The quantitative estimate of drug-likeness (QED) is 0.801. The van der Waals surface area contributed by atoms with Gasteiger partial charge in [-0.25, -0.2) is 4.98 Å². The molecule has 2 aromatic rings. The van der Waals surface area contributed by atoms with E-state index >= 15 is 0 Å². The zero-order valence-corrected chi connectivity index (χ0v) is 10.5. The second-order valence-corrected chi connectivity index (χ2v) is 4.52. The Bertz CT molecular complexity index is 455. The predicted octanol–water partition coefficient (Wildman–Crippen LogP) is 2.94. The smallest absolute Gasteiger partial charge is 0.223 e. The predicted molar refractivity (Wildman–Crippen MR) is 63.1 cm³/mol. The van der Waals surface area contributed by atoms with Gasteiger partial charge in [-0.3, -0.25) is 0 Å². The Kier molecular flexibility index (Phi) is 2.46. The van der Waals surface area contributed by atoms with Crippen LogP contribution in [0.3, 0.4) is 0 Å². The molecule has 2 heterocycles. The van der Waals surface area contributed by atoms with E-state index in [-0.39, 0.29) is 0 Å². The van der Waals surface area contributed by atoms with Gasteiger partial charge in [0.2, 0.25) is 5.88 Å². The van der Waals surface area contributed by atoms with Gasteiger partial charge in [0.05, 0.1) is 22.5 Å². The minimum atomic E-state index is 0.656. The molecule has 0 radical (unpaired) electrons. The molecule has 3 nitrogen and oxygen atoms in total. The van der Waals surface area contributed by atoms with Crippen molar-refractivity contribution in [1.82, 2.24) is 9.97 Å². The number of nitrogens with one attached hydrogen (secondary N) is 1. The lowest BCUT2D eigenvalue weighted by atomic mass is 10.3. The maximum Gasteiger partial charge on any atom is 0.223 e. The van der Waals surface area contributed by atoms with E-state index in [1.807, 2.05) is 6.20 Å². The Morgan fingerprint density at radius 1 is 1.62 bits per heavy atom. The van der Waals surface area contributed by atoms with E-state index < -0.39 is 0 Å². The van der Waals surface area contributed by atoms with E-state index in [9.17, 15) is 0 Å². The molecule has 0 spiro atoms.